The van der Waals surface area contributed by atoms with Crippen molar-refractivity contribution in [3.8, 4) is 11.1 Å². The van der Waals surface area contributed by atoms with Gasteiger partial charge in [0, 0.05) is 43.5 Å². The number of rotatable bonds is 3. The largest absolute Gasteiger partial charge is 0.384 e. The summed E-state index contributed by atoms with van der Waals surface area (Å²) in [7, 11) is 0. The number of aromatic nitrogens is 1. The Morgan fingerprint density at radius 1 is 1.00 bits per heavy atom. The molecule has 1 saturated heterocycles. The molecule has 0 amide bonds. The summed E-state index contributed by atoms with van der Waals surface area (Å²) in [6.07, 6.45) is 0. The van der Waals surface area contributed by atoms with Crippen molar-refractivity contribution in [1.82, 2.24) is 9.88 Å². The Hall–Kier alpha value is -2.14. The van der Waals surface area contributed by atoms with Crippen LogP contribution >= 0.6 is 0 Å². The normalized spacial score (nSPS) is 16.1. The first-order valence-electron chi connectivity index (χ1n) is 8.06. The number of pyridine rings is 1. The lowest BCUT2D eigenvalue weighted by Gasteiger charge is -2.38. The number of piperazine rings is 1. The first-order valence-corrected chi connectivity index (χ1v) is 8.06. The fourth-order valence-electron chi connectivity index (χ4n) is 3.01. The Kier molecular flexibility index (Phi) is 4.48. The third kappa shape index (κ3) is 3.45. The van der Waals surface area contributed by atoms with Gasteiger partial charge in [-0.25, -0.2) is 4.98 Å². The van der Waals surface area contributed by atoms with Gasteiger partial charge in [-0.3, -0.25) is 4.90 Å². The predicted octanol–water partition coefficient (Wildman–Crippen LogP) is 3.00. The Labute approximate surface area is 136 Å². The van der Waals surface area contributed by atoms with E-state index >= 15 is 0 Å². The molecule has 1 aromatic carbocycles. The van der Waals surface area contributed by atoms with Gasteiger partial charge in [0.15, 0.2) is 0 Å². The summed E-state index contributed by atoms with van der Waals surface area (Å²) < 4.78 is 13.9. The summed E-state index contributed by atoms with van der Waals surface area (Å²) >= 11 is 0. The molecule has 0 spiro atoms. The molecule has 1 aromatic heterocycles. The van der Waals surface area contributed by atoms with E-state index in [4.69, 9.17) is 5.73 Å². The molecule has 0 unspecified atom stereocenters. The highest BCUT2D eigenvalue weighted by Crippen LogP contribution is 2.26. The first-order chi connectivity index (χ1) is 11.0. The topological polar surface area (TPSA) is 45.4 Å². The number of anilines is 2. The predicted molar refractivity (Wildman–Crippen MR) is 93.0 cm³/mol. The molecule has 0 saturated carbocycles. The van der Waals surface area contributed by atoms with E-state index in [1.165, 1.54) is 5.69 Å². The van der Waals surface area contributed by atoms with Gasteiger partial charge in [-0.2, -0.15) is 4.39 Å². The number of nitrogens with two attached hydrogens (primary N) is 1. The van der Waals surface area contributed by atoms with E-state index < -0.39 is 5.95 Å². The van der Waals surface area contributed by atoms with Crippen LogP contribution in [0.25, 0.3) is 11.1 Å². The molecule has 1 fully saturated rings. The van der Waals surface area contributed by atoms with Gasteiger partial charge in [-0.15, -0.1) is 0 Å². The Morgan fingerprint density at radius 2 is 1.65 bits per heavy atom. The number of hydrogen-bond donors (Lipinski definition) is 1. The van der Waals surface area contributed by atoms with Crippen LogP contribution in [0.1, 0.15) is 13.8 Å². The van der Waals surface area contributed by atoms with Crippen LogP contribution < -0.4 is 10.6 Å². The van der Waals surface area contributed by atoms with Crippen LogP contribution in [0.4, 0.5) is 15.9 Å². The summed E-state index contributed by atoms with van der Waals surface area (Å²) in [6.45, 7) is 8.68. The van der Waals surface area contributed by atoms with Crippen molar-refractivity contribution >= 4 is 11.5 Å². The lowest BCUT2D eigenvalue weighted by Crippen LogP contribution is -2.48. The van der Waals surface area contributed by atoms with Crippen LogP contribution in [-0.4, -0.2) is 42.1 Å². The maximum absolute atomic E-state index is 13.9. The van der Waals surface area contributed by atoms with Gasteiger partial charge in [0.1, 0.15) is 5.82 Å². The lowest BCUT2D eigenvalue weighted by atomic mass is 10.1. The molecule has 3 rings (SSSR count). The van der Waals surface area contributed by atoms with Crippen molar-refractivity contribution in [2.24, 2.45) is 0 Å². The summed E-state index contributed by atoms with van der Waals surface area (Å²) in [5, 5.41) is 0. The standard InChI is InChI=1S/C18H23FN4/c1-13(2)22-9-11-23(12-10-22)15-5-3-14(4-6-15)16-7-8-17(20)21-18(16)19/h3-8,13H,9-12H2,1-2H3,(H2,20,21). The molecule has 5 heteroatoms. The van der Waals surface area contributed by atoms with Gasteiger partial charge >= 0.3 is 0 Å². The summed E-state index contributed by atoms with van der Waals surface area (Å²) in [5.41, 5.74) is 7.98. The second-order valence-corrected chi connectivity index (χ2v) is 6.24. The van der Waals surface area contributed by atoms with Crippen LogP contribution in [0.15, 0.2) is 36.4 Å². The van der Waals surface area contributed by atoms with Crippen molar-refractivity contribution in [1.29, 1.82) is 0 Å². The van der Waals surface area contributed by atoms with Gasteiger partial charge in [0.2, 0.25) is 5.95 Å². The maximum atomic E-state index is 13.9. The fourth-order valence-corrected chi connectivity index (χ4v) is 3.01. The Morgan fingerprint density at radius 3 is 2.22 bits per heavy atom. The van der Waals surface area contributed by atoms with Crippen LogP contribution in [-0.2, 0) is 0 Å². The smallest absolute Gasteiger partial charge is 0.222 e. The van der Waals surface area contributed by atoms with E-state index in [1.807, 2.05) is 12.1 Å². The van der Waals surface area contributed by atoms with E-state index in [9.17, 15) is 4.39 Å². The number of nitrogens with zero attached hydrogens (tertiary/aromatic N) is 3. The van der Waals surface area contributed by atoms with E-state index in [1.54, 1.807) is 12.1 Å². The molecule has 4 nitrogen and oxygen atoms in total. The molecule has 0 bridgehead atoms. The molecule has 0 aliphatic carbocycles. The molecule has 1 aliphatic heterocycles. The number of hydrogen-bond acceptors (Lipinski definition) is 4. The molecule has 0 radical (unpaired) electrons. The molecular formula is C18H23FN4. The van der Waals surface area contributed by atoms with Crippen molar-refractivity contribution in [2.45, 2.75) is 19.9 Å². The van der Waals surface area contributed by atoms with Gasteiger partial charge in [-0.05, 0) is 43.7 Å². The molecule has 2 heterocycles. The van der Waals surface area contributed by atoms with Gasteiger partial charge in [0.05, 0.1) is 0 Å². The van der Waals surface area contributed by atoms with Gasteiger partial charge < -0.3 is 10.6 Å². The highest BCUT2D eigenvalue weighted by molar-refractivity contribution is 5.67. The van der Waals surface area contributed by atoms with Gasteiger partial charge in [0.25, 0.3) is 0 Å². The van der Waals surface area contributed by atoms with Crippen molar-refractivity contribution in [3.05, 3.63) is 42.3 Å². The van der Waals surface area contributed by atoms with Gasteiger partial charge in [-0.1, -0.05) is 12.1 Å². The highest BCUT2D eigenvalue weighted by Gasteiger charge is 2.19. The Balaban J connectivity index is 1.73. The summed E-state index contributed by atoms with van der Waals surface area (Å²) in [6, 6.07) is 11.9. The van der Waals surface area contributed by atoms with E-state index in [0.717, 1.165) is 31.7 Å². The zero-order valence-electron chi connectivity index (χ0n) is 13.7. The minimum absolute atomic E-state index is 0.200. The average Bonchev–Trinajstić information content (AvgIpc) is 2.55. The van der Waals surface area contributed by atoms with Crippen LogP contribution in [0.5, 0.6) is 0 Å². The fraction of sp³-hybridized carbons (Fsp3) is 0.389. The minimum Gasteiger partial charge on any atom is -0.384 e. The summed E-state index contributed by atoms with van der Waals surface area (Å²) in [4.78, 5) is 8.54. The highest BCUT2D eigenvalue weighted by atomic mass is 19.1. The molecule has 2 aromatic rings. The second kappa shape index (κ2) is 6.54. The number of halogens is 1. The third-order valence-corrected chi connectivity index (χ3v) is 4.46. The lowest BCUT2D eigenvalue weighted by molar-refractivity contribution is 0.209. The molecule has 122 valence electrons. The zero-order valence-corrected chi connectivity index (χ0v) is 13.7. The maximum Gasteiger partial charge on any atom is 0.222 e. The van der Waals surface area contributed by atoms with E-state index in [0.29, 0.717) is 11.6 Å². The summed E-state index contributed by atoms with van der Waals surface area (Å²) in [5.74, 6) is -0.325. The van der Waals surface area contributed by atoms with Crippen molar-refractivity contribution < 1.29 is 4.39 Å². The van der Waals surface area contributed by atoms with E-state index in [-0.39, 0.29) is 5.82 Å². The molecular weight excluding hydrogens is 291 g/mol. The molecule has 1 aliphatic rings. The minimum atomic E-state index is -0.525. The molecule has 23 heavy (non-hydrogen) atoms. The first kappa shape index (κ1) is 15.7. The monoisotopic (exact) mass is 314 g/mol. The number of nitrogen functional groups attached to an aromatic ring is 1. The van der Waals surface area contributed by atoms with E-state index in [2.05, 4.69) is 40.8 Å². The van der Waals surface area contributed by atoms with Crippen molar-refractivity contribution in [2.75, 3.05) is 36.8 Å². The SMILES string of the molecule is CC(C)N1CCN(c2ccc(-c3ccc(N)nc3F)cc2)CC1. The van der Waals surface area contributed by atoms with Crippen LogP contribution in [0.3, 0.4) is 0 Å². The quantitative estimate of drug-likeness (QED) is 0.885. The van der Waals surface area contributed by atoms with Crippen molar-refractivity contribution in [3.63, 3.8) is 0 Å². The molecule has 0 atom stereocenters. The van der Waals surface area contributed by atoms with Crippen LogP contribution in [0.2, 0.25) is 0 Å². The Bertz CT molecular complexity index is 661. The van der Waals surface area contributed by atoms with Crippen LogP contribution in [0, 0.1) is 5.95 Å². The number of benzene rings is 1. The molecule has 2 N–H and O–H groups in total. The zero-order chi connectivity index (χ0) is 16.4. The second-order valence-electron chi connectivity index (χ2n) is 6.24. The third-order valence-electron chi connectivity index (χ3n) is 4.46. The average molecular weight is 314 g/mol.